The molecule has 1 unspecified atom stereocenters. The Morgan fingerprint density at radius 2 is 2.17 bits per heavy atom. The zero-order valence-electron chi connectivity index (χ0n) is 25.1. The predicted octanol–water partition coefficient (Wildman–Crippen LogP) is 4.59. The third-order valence-corrected chi connectivity index (χ3v) is 6.77. The average Bonchev–Trinajstić information content (AvgIpc) is 2.77. The largest absolute Gasteiger partial charge is 0.462 e. The minimum Gasteiger partial charge on any atom is -0.462 e. The van der Waals surface area contributed by atoms with Crippen molar-refractivity contribution in [3.63, 3.8) is 0 Å². The van der Waals surface area contributed by atoms with Crippen LogP contribution in [0.3, 0.4) is 0 Å². The highest BCUT2D eigenvalue weighted by Gasteiger charge is 2.43. The summed E-state index contributed by atoms with van der Waals surface area (Å²) in [7, 11) is 0. The third kappa shape index (κ3) is 5.16. The number of rotatable bonds is 7. The molecule has 2 aliphatic carbocycles. The normalized spacial score (nSPS) is 40.8. The van der Waals surface area contributed by atoms with Gasteiger partial charge in [-0.3, -0.25) is 9.59 Å². The van der Waals surface area contributed by atoms with Crippen molar-refractivity contribution in [1.82, 2.24) is 0 Å². The summed E-state index contributed by atoms with van der Waals surface area (Å²) in [5, 5.41) is 4.64. The molecule has 0 aromatic heterocycles. The van der Waals surface area contributed by atoms with Crippen molar-refractivity contribution < 1.29 is 32.4 Å². The van der Waals surface area contributed by atoms with Gasteiger partial charge in [0.05, 0.1) is 17.9 Å². The van der Waals surface area contributed by atoms with Gasteiger partial charge in [-0.2, -0.15) is 0 Å². The molecule has 0 aromatic rings. The van der Waals surface area contributed by atoms with E-state index in [4.69, 9.17) is 19.1 Å². The Bertz CT molecular complexity index is 896. The molecule has 5 heteroatoms. The van der Waals surface area contributed by atoms with Gasteiger partial charge in [-0.25, -0.2) is 0 Å². The molecule has 0 radical (unpaired) electrons. The molecule has 1 N–H and O–H groups in total. The molecular weight excluding hydrogens is 380 g/mol. The second kappa shape index (κ2) is 9.25. The number of ether oxygens (including phenoxy) is 2. The minimum atomic E-state index is -3.07. The molecule has 168 valence electrons. The van der Waals surface area contributed by atoms with E-state index in [9.17, 15) is 9.59 Å². The summed E-state index contributed by atoms with van der Waals surface area (Å²) in [6.45, 7) is -0.706. The van der Waals surface area contributed by atoms with Crippen molar-refractivity contribution in [3.05, 3.63) is 23.8 Å². The fourth-order valence-corrected chi connectivity index (χ4v) is 5.00. The average molecular weight is 426 g/mol. The Balaban J connectivity index is 1.87. The maximum Gasteiger partial charge on any atom is 0.311 e. The van der Waals surface area contributed by atoms with Crippen LogP contribution in [0.4, 0.5) is 0 Å². The molecular formula is C25H38O5. The Morgan fingerprint density at radius 3 is 2.87 bits per heavy atom. The fourth-order valence-electron chi connectivity index (χ4n) is 5.00. The summed E-state index contributed by atoms with van der Waals surface area (Å²) in [5.74, 6) is -1.70. The van der Waals surface area contributed by atoms with Crippen LogP contribution in [0.2, 0.25) is 0 Å². The van der Waals surface area contributed by atoms with Crippen LogP contribution >= 0.6 is 0 Å². The first-order chi connectivity index (χ1) is 17.1. The van der Waals surface area contributed by atoms with E-state index in [2.05, 4.69) is 24.2 Å². The number of esters is 2. The SMILES string of the molecule is [2H]O[C@H]1CC(=O)OC(CC[C@@H]2[C@@H]3C(=C[C@H](C)C[C@@H]3OC(=O)C(CC)(C([2H])([2H])[2H])C([2H])([2H])[2H])C=C[C@@H]2C)C1. The zero-order valence-corrected chi connectivity index (χ0v) is 18.1. The van der Waals surface area contributed by atoms with E-state index in [1.165, 1.54) is 6.92 Å². The lowest BCUT2D eigenvalue weighted by molar-refractivity contribution is -0.166. The van der Waals surface area contributed by atoms with Gasteiger partial charge in [0, 0.05) is 20.6 Å². The molecule has 0 spiro atoms. The molecule has 1 aliphatic heterocycles. The summed E-state index contributed by atoms with van der Waals surface area (Å²) in [6, 6.07) is 0. The number of carbonyl (C=O) groups excluding carboxylic acids is 2. The van der Waals surface area contributed by atoms with Gasteiger partial charge in [0.2, 0.25) is 1.43 Å². The summed E-state index contributed by atoms with van der Waals surface area (Å²) in [6.07, 6.45) is 6.36. The van der Waals surface area contributed by atoms with E-state index in [1.807, 2.05) is 13.0 Å². The number of aliphatic hydroxyl groups excluding tert-OH is 1. The van der Waals surface area contributed by atoms with Gasteiger partial charge in [0.25, 0.3) is 0 Å². The predicted molar refractivity (Wildman–Crippen MR) is 115 cm³/mol. The van der Waals surface area contributed by atoms with Crippen LogP contribution in [-0.2, 0) is 19.1 Å². The lowest BCUT2D eigenvalue weighted by atomic mass is 9.65. The first-order valence-electron chi connectivity index (χ1n) is 14.5. The highest BCUT2D eigenvalue weighted by atomic mass is 16.6. The molecule has 5 nitrogen and oxygen atoms in total. The number of allylic oxidation sites excluding steroid dienone is 3. The fraction of sp³-hybridized carbons (Fsp3) is 0.760. The van der Waals surface area contributed by atoms with Crippen LogP contribution in [0, 0.1) is 29.1 Å². The van der Waals surface area contributed by atoms with E-state index >= 15 is 0 Å². The molecule has 0 bridgehead atoms. The Kier molecular flexibility index (Phi) is 4.70. The Labute approximate surface area is 190 Å². The summed E-state index contributed by atoms with van der Waals surface area (Å²) < 4.78 is 66.2. The number of carbonyl (C=O) groups is 2. The topological polar surface area (TPSA) is 72.8 Å². The number of hydrogen-bond donors (Lipinski definition) is 1. The maximum absolute atomic E-state index is 13.5. The van der Waals surface area contributed by atoms with Gasteiger partial charge < -0.3 is 14.6 Å². The zero-order chi connectivity index (χ0) is 27.8. The molecule has 30 heavy (non-hydrogen) atoms. The van der Waals surface area contributed by atoms with Crippen LogP contribution < -0.4 is 0 Å². The van der Waals surface area contributed by atoms with E-state index in [0.717, 1.165) is 5.57 Å². The van der Waals surface area contributed by atoms with E-state index < -0.39 is 49.7 Å². The second-order valence-electron chi connectivity index (χ2n) is 9.24. The summed E-state index contributed by atoms with van der Waals surface area (Å²) >= 11 is 0. The molecule has 1 saturated heterocycles. The van der Waals surface area contributed by atoms with Crippen LogP contribution in [0.25, 0.3) is 0 Å². The monoisotopic (exact) mass is 425 g/mol. The quantitative estimate of drug-likeness (QED) is 0.604. The standard InChI is InChI=1S/C25H38O5/c1-6-25(4,5)24(28)30-21-12-15(2)11-17-8-7-16(3)20(23(17)21)10-9-19-13-18(26)14-22(27)29-19/h7-8,11,15-16,18-21,23,26H,6,9-10,12-14H2,1-5H3/t15-,16-,18+,19?,20-,21-,23-/m0/s1/i4D3,5D3,26D. The molecule has 7 atom stereocenters. The number of fused-ring (bicyclic) bond motifs is 1. The summed E-state index contributed by atoms with van der Waals surface area (Å²) in [5.41, 5.74) is -1.63. The second-order valence-corrected chi connectivity index (χ2v) is 9.24. The number of hydrogen-bond acceptors (Lipinski definition) is 5. The van der Waals surface area contributed by atoms with Gasteiger partial charge in [-0.15, -0.1) is 0 Å². The molecule has 1 heterocycles. The molecule has 0 amide bonds. The smallest absolute Gasteiger partial charge is 0.311 e. The minimum absolute atomic E-state index is 0.00546. The first-order valence-corrected chi connectivity index (χ1v) is 11.1. The van der Waals surface area contributed by atoms with Gasteiger partial charge in [-0.1, -0.05) is 39.0 Å². The highest BCUT2D eigenvalue weighted by molar-refractivity contribution is 5.76. The van der Waals surface area contributed by atoms with Crippen molar-refractivity contribution in [2.24, 2.45) is 29.1 Å². The Morgan fingerprint density at radius 1 is 1.37 bits per heavy atom. The van der Waals surface area contributed by atoms with Gasteiger partial charge in [-0.05, 0) is 62.7 Å². The van der Waals surface area contributed by atoms with Crippen LogP contribution in [0.1, 0.15) is 81.2 Å². The lowest BCUT2D eigenvalue weighted by Crippen LogP contribution is -2.43. The summed E-state index contributed by atoms with van der Waals surface area (Å²) in [4.78, 5) is 25.4. The molecule has 1 fully saturated rings. The van der Waals surface area contributed by atoms with E-state index in [0.29, 0.717) is 25.7 Å². The molecule has 0 saturated carbocycles. The molecule has 3 rings (SSSR count). The number of aliphatic hydroxyl groups is 1. The van der Waals surface area contributed by atoms with Gasteiger partial charge in [0.15, 0.2) is 0 Å². The van der Waals surface area contributed by atoms with Crippen molar-refractivity contribution in [2.45, 2.75) is 91.3 Å². The van der Waals surface area contributed by atoms with Crippen molar-refractivity contribution in [3.8, 4) is 0 Å². The van der Waals surface area contributed by atoms with Crippen molar-refractivity contribution in [2.75, 3.05) is 0 Å². The van der Waals surface area contributed by atoms with Crippen LogP contribution in [-0.4, -0.2) is 36.8 Å². The Hall–Kier alpha value is -1.62. The van der Waals surface area contributed by atoms with Crippen molar-refractivity contribution >= 4 is 11.9 Å². The first kappa shape index (κ1) is 15.2. The van der Waals surface area contributed by atoms with Gasteiger partial charge >= 0.3 is 11.9 Å². The van der Waals surface area contributed by atoms with Crippen LogP contribution in [0.5, 0.6) is 0 Å². The van der Waals surface area contributed by atoms with Crippen LogP contribution in [0.15, 0.2) is 23.8 Å². The molecule has 3 aliphatic rings. The van der Waals surface area contributed by atoms with Gasteiger partial charge in [0.1, 0.15) is 12.2 Å². The third-order valence-electron chi connectivity index (χ3n) is 6.77. The maximum atomic E-state index is 13.5. The molecule has 0 aromatic carbocycles. The highest BCUT2D eigenvalue weighted by Crippen LogP contribution is 2.45. The number of cyclic esters (lactones) is 1. The lowest BCUT2D eigenvalue weighted by Gasteiger charge is -2.44. The van der Waals surface area contributed by atoms with E-state index in [1.54, 1.807) is 0 Å². The van der Waals surface area contributed by atoms with Crippen molar-refractivity contribution in [1.29, 1.82) is 1.43 Å². The van der Waals surface area contributed by atoms with E-state index in [-0.39, 0.29) is 36.2 Å².